The molecule has 0 saturated carbocycles. The van der Waals surface area contributed by atoms with Crippen molar-refractivity contribution in [2.45, 2.75) is 45.3 Å². The maximum Gasteiger partial charge on any atom is 0.494 e. The summed E-state index contributed by atoms with van der Waals surface area (Å²) < 4.78 is 12.6. The number of hydrogen-bond donors (Lipinski definition) is 0. The van der Waals surface area contributed by atoms with Gasteiger partial charge in [0.2, 0.25) is 0 Å². The van der Waals surface area contributed by atoms with Crippen LogP contribution < -0.4 is 10.4 Å². The van der Waals surface area contributed by atoms with Crippen molar-refractivity contribution in [2.24, 2.45) is 0 Å². The third-order valence-electron chi connectivity index (χ3n) is 6.50. The van der Waals surface area contributed by atoms with E-state index >= 15 is 0 Å². The van der Waals surface area contributed by atoms with E-state index in [4.69, 9.17) is 9.31 Å². The molecule has 0 radical (unpaired) electrons. The summed E-state index contributed by atoms with van der Waals surface area (Å²) in [7, 11) is -0.368. The van der Waals surface area contributed by atoms with Gasteiger partial charge in [0.05, 0.1) is 16.9 Å². The highest BCUT2D eigenvalue weighted by molar-refractivity contribution is 6.62. The largest absolute Gasteiger partial charge is 0.494 e. The maximum atomic E-state index is 6.32. The van der Waals surface area contributed by atoms with Gasteiger partial charge in [-0.3, -0.25) is 0 Å². The van der Waals surface area contributed by atoms with Gasteiger partial charge in [-0.25, -0.2) is 0 Å². The van der Waals surface area contributed by atoms with Crippen molar-refractivity contribution in [3.8, 4) is 0 Å². The minimum absolute atomic E-state index is 0.352. The lowest BCUT2D eigenvalue weighted by Crippen LogP contribution is -2.41. The summed E-state index contributed by atoms with van der Waals surface area (Å²) in [5.74, 6) is 0. The Morgan fingerprint density at radius 3 is 2.28 bits per heavy atom. The summed E-state index contributed by atoms with van der Waals surface area (Å²) in [6.07, 6.45) is 9.60. The normalized spacial score (nSPS) is 21.4. The molecule has 146 valence electrons. The zero-order chi connectivity index (χ0) is 20.2. The Morgan fingerprint density at radius 1 is 0.862 bits per heavy atom. The van der Waals surface area contributed by atoms with E-state index in [0.29, 0.717) is 0 Å². The van der Waals surface area contributed by atoms with Gasteiger partial charge in [0, 0.05) is 23.4 Å². The first-order valence-electron chi connectivity index (χ1n) is 10.3. The van der Waals surface area contributed by atoms with Gasteiger partial charge in [0.15, 0.2) is 0 Å². The number of anilines is 2. The first kappa shape index (κ1) is 18.5. The highest BCUT2D eigenvalue weighted by Gasteiger charge is 2.51. The van der Waals surface area contributed by atoms with E-state index in [1.807, 2.05) is 0 Å². The Bertz CT molecular complexity index is 1030. The minimum Gasteiger partial charge on any atom is -0.399 e. The van der Waals surface area contributed by atoms with E-state index in [1.165, 1.54) is 28.2 Å². The molecule has 4 heteroatoms. The fourth-order valence-corrected chi connectivity index (χ4v) is 4.16. The molecular formula is C25H26BNO2. The van der Waals surface area contributed by atoms with Gasteiger partial charge >= 0.3 is 7.12 Å². The summed E-state index contributed by atoms with van der Waals surface area (Å²) >= 11 is 0. The van der Waals surface area contributed by atoms with Crippen molar-refractivity contribution in [1.29, 1.82) is 0 Å². The zero-order valence-corrected chi connectivity index (χ0v) is 17.5. The summed E-state index contributed by atoms with van der Waals surface area (Å²) in [5.41, 5.74) is 6.57. The van der Waals surface area contributed by atoms with Crippen LogP contribution in [0.1, 0.15) is 39.7 Å². The molecule has 2 heterocycles. The van der Waals surface area contributed by atoms with Crippen LogP contribution in [0, 0.1) is 0 Å². The standard InChI is InChI=1S/C25H26BNO2/c1-24(2)25(3,4)29-26(28-24)19-14-15-22-18-10-8-9-13-21(16-18)27(23(22)17-19)20-11-6-5-7-12-20/h5-15,17H,16H2,1-4H3. The first-order valence-corrected chi connectivity index (χ1v) is 10.3. The summed E-state index contributed by atoms with van der Waals surface area (Å²) in [6, 6.07) is 17.2. The molecule has 1 saturated heterocycles. The Hall–Kier alpha value is -2.56. The Balaban J connectivity index is 1.64. The van der Waals surface area contributed by atoms with Crippen LogP contribution in [0.5, 0.6) is 0 Å². The van der Waals surface area contributed by atoms with Gasteiger partial charge in [-0.2, -0.15) is 0 Å². The highest BCUT2D eigenvalue weighted by Crippen LogP contribution is 2.45. The van der Waals surface area contributed by atoms with Gasteiger partial charge in [-0.05, 0) is 63.0 Å². The fourth-order valence-electron chi connectivity index (χ4n) is 4.16. The maximum absolute atomic E-state index is 6.32. The predicted octanol–water partition coefficient (Wildman–Crippen LogP) is 5.36. The lowest BCUT2D eigenvalue weighted by Gasteiger charge is -2.35. The van der Waals surface area contributed by atoms with Crippen LogP contribution in [-0.4, -0.2) is 18.3 Å². The molecule has 1 aliphatic carbocycles. The van der Waals surface area contributed by atoms with Crippen LogP contribution in [-0.2, 0) is 9.31 Å². The molecule has 3 nitrogen and oxygen atoms in total. The number of nitrogens with zero attached hydrogens (tertiary/aromatic N) is 1. The van der Waals surface area contributed by atoms with Gasteiger partial charge in [0.1, 0.15) is 0 Å². The van der Waals surface area contributed by atoms with E-state index < -0.39 is 0 Å². The van der Waals surface area contributed by atoms with Crippen molar-refractivity contribution < 1.29 is 9.31 Å². The number of hydrogen-bond acceptors (Lipinski definition) is 3. The third-order valence-corrected chi connectivity index (χ3v) is 6.50. The Labute approximate surface area is 173 Å². The summed E-state index contributed by atoms with van der Waals surface area (Å²) in [4.78, 5) is 2.36. The number of rotatable bonds is 2. The molecule has 2 bridgehead atoms. The van der Waals surface area contributed by atoms with Crippen molar-refractivity contribution in [3.63, 3.8) is 0 Å². The number of fused-ring (bicyclic) bond motifs is 4. The molecule has 0 aromatic heterocycles. The van der Waals surface area contributed by atoms with E-state index in [9.17, 15) is 0 Å². The summed E-state index contributed by atoms with van der Waals surface area (Å²) in [5, 5.41) is 0. The second-order valence-corrected chi connectivity index (χ2v) is 8.95. The zero-order valence-electron chi connectivity index (χ0n) is 17.5. The van der Waals surface area contributed by atoms with Gasteiger partial charge < -0.3 is 14.2 Å². The monoisotopic (exact) mass is 383 g/mol. The predicted molar refractivity (Wildman–Crippen MR) is 121 cm³/mol. The van der Waals surface area contributed by atoms with E-state index in [1.54, 1.807) is 0 Å². The number of benzene rings is 2. The van der Waals surface area contributed by atoms with Crippen molar-refractivity contribution in [1.82, 2.24) is 0 Å². The van der Waals surface area contributed by atoms with Crippen LogP contribution in [0.2, 0.25) is 0 Å². The number of allylic oxidation sites excluding steroid dienone is 5. The molecule has 0 N–H and O–H groups in total. The first-order chi connectivity index (χ1) is 13.9. The second-order valence-electron chi connectivity index (χ2n) is 8.95. The van der Waals surface area contributed by atoms with Crippen LogP contribution in [0.25, 0.3) is 5.57 Å². The average Bonchev–Trinajstić information content (AvgIpc) is 2.83. The van der Waals surface area contributed by atoms with Crippen LogP contribution in [0.4, 0.5) is 11.4 Å². The van der Waals surface area contributed by atoms with Gasteiger partial charge in [0.25, 0.3) is 0 Å². The molecular weight excluding hydrogens is 357 g/mol. The molecule has 2 aromatic rings. The molecule has 5 rings (SSSR count). The highest BCUT2D eigenvalue weighted by atomic mass is 16.7. The Morgan fingerprint density at radius 2 is 1.55 bits per heavy atom. The van der Waals surface area contributed by atoms with Crippen molar-refractivity contribution in [3.05, 3.63) is 84.1 Å². The van der Waals surface area contributed by atoms with Crippen molar-refractivity contribution in [2.75, 3.05) is 4.90 Å². The Kier molecular flexibility index (Phi) is 4.13. The number of para-hydroxylation sites is 1. The van der Waals surface area contributed by atoms with E-state index in [-0.39, 0.29) is 18.3 Å². The molecule has 0 amide bonds. The third kappa shape index (κ3) is 2.99. The molecule has 0 atom stereocenters. The van der Waals surface area contributed by atoms with Crippen LogP contribution in [0.3, 0.4) is 0 Å². The molecule has 3 aliphatic rings. The molecule has 29 heavy (non-hydrogen) atoms. The molecule has 0 spiro atoms. The van der Waals surface area contributed by atoms with Crippen LogP contribution >= 0.6 is 0 Å². The molecule has 1 fully saturated rings. The van der Waals surface area contributed by atoms with Crippen LogP contribution in [0.15, 0.2) is 78.5 Å². The fraction of sp³-hybridized carbons (Fsp3) is 0.280. The topological polar surface area (TPSA) is 21.7 Å². The average molecular weight is 383 g/mol. The second kappa shape index (κ2) is 6.48. The lowest BCUT2D eigenvalue weighted by molar-refractivity contribution is 0.00578. The molecule has 0 unspecified atom stereocenters. The van der Waals surface area contributed by atoms with E-state index in [0.717, 1.165) is 11.9 Å². The van der Waals surface area contributed by atoms with Gasteiger partial charge in [-0.15, -0.1) is 0 Å². The summed E-state index contributed by atoms with van der Waals surface area (Å²) in [6.45, 7) is 8.38. The van der Waals surface area contributed by atoms with E-state index in [2.05, 4.69) is 105 Å². The van der Waals surface area contributed by atoms with Gasteiger partial charge in [-0.1, -0.05) is 48.6 Å². The smallest absolute Gasteiger partial charge is 0.399 e. The van der Waals surface area contributed by atoms with Crippen molar-refractivity contribution >= 4 is 29.5 Å². The molecule has 2 aliphatic heterocycles. The lowest BCUT2D eigenvalue weighted by atomic mass is 9.77. The quantitative estimate of drug-likeness (QED) is 0.652. The SMILES string of the molecule is CC1(C)OB(c2ccc3c(c2)N(c2ccccc2)C2=CC=CC=C3C2)OC1(C)C. The molecule has 2 aromatic carbocycles. The minimum atomic E-state index is -0.368.